The molecule has 2 heterocycles. The molecule has 102 valence electrons. The van der Waals surface area contributed by atoms with Crippen molar-refractivity contribution in [2.75, 3.05) is 0 Å². The van der Waals surface area contributed by atoms with Crippen LogP contribution in [-0.4, -0.2) is 19.7 Å². The summed E-state index contributed by atoms with van der Waals surface area (Å²) in [7, 11) is 0. The third-order valence-corrected chi connectivity index (χ3v) is 3.28. The molecular formula is C14H12FN3O2. The zero-order chi connectivity index (χ0) is 14.4. The maximum absolute atomic E-state index is 13.4. The highest BCUT2D eigenvalue weighted by Gasteiger charge is 2.17. The van der Waals surface area contributed by atoms with E-state index >= 15 is 0 Å². The van der Waals surface area contributed by atoms with E-state index in [1.807, 2.05) is 0 Å². The van der Waals surface area contributed by atoms with Crippen LogP contribution in [0.25, 0.3) is 16.8 Å². The van der Waals surface area contributed by atoms with Crippen molar-refractivity contribution in [3.8, 4) is 17.0 Å². The SMILES string of the molecule is Cc1nn2c(O)c(C)c(=O)[nH]c2c1-c1cccc(F)c1. The molecule has 0 saturated heterocycles. The number of aromatic hydroxyl groups is 1. The van der Waals surface area contributed by atoms with Crippen molar-refractivity contribution in [3.05, 3.63) is 51.7 Å². The first-order valence-electron chi connectivity index (χ1n) is 6.06. The van der Waals surface area contributed by atoms with E-state index in [-0.39, 0.29) is 17.3 Å². The first-order chi connectivity index (χ1) is 9.49. The summed E-state index contributed by atoms with van der Waals surface area (Å²) in [5.74, 6) is -0.588. The standard InChI is InChI=1S/C14H12FN3O2/c1-7-13(19)16-12-11(8(2)17-18(12)14(7)20)9-4-3-5-10(15)6-9/h3-6,20H,1-2H3,(H,16,19). The maximum Gasteiger partial charge on any atom is 0.257 e. The minimum absolute atomic E-state index is 0.186. The van der Waals surface area contributed by atoms with Gasteiger partial charge in [-0.1, -0.05) is 12.1 Å². The van der Waals surface area contributed by atoms with Gasteiger partial charge >= 0.3 is 0 Å². The monoisotopic (exact) mass is 273 g/mol. The fourth-order valence-corrected chi connectivity index (χ4v) is 2.25. The van der Waals surface area contributed by atoms with Crippen LogP contribution in [0.1, 0.15) is 11.3 Å². The number of fused-ring (bicyclic) bond motifs is 1. The van der Waals surface area contributed by atoms with Crippen molar-refractivity contribution in [2.45, 2.75) is 13.8 Å². The van der Waals surface area contributed by atoms with E-state index in [0.717, 1.165) is 0 Å². The van der Waals surface area contributed by atoms with Gasteiger partial charge in [0.2, 0.25) is 5.88 Å². The van der Waals surface area contributed by atoms with Crippen molar-refractivity contribution in [1.29, 1.82) is 0 Å². The number of nitrogens with zero attached hydrogens (tertiary/aromatic N) is 2. The van der Waals surface area contributed by atoms with E-state index in [4.69, 9.17) is 0 Å². The first-order valence-corrected chi connectivity index (χ1v) is 6.06. The highest BCUT2D eigenvalue weighted by Crippen LogP contribution is 2.29. The molecule has 20 heavy (non-hydrogen) atoms. The van der Waals surface area contributed by atoms with Crippen LogP contribution in [0.2, 0.25) is 0 Å². The van der Waals surface area contributed by atoms with E-state index in [9.17, 15) is 14.3 Å². The molecule has 0 fully saturated rings. The van der Waals surface area contributed by atoms with Crippen LogP contribution < -0.4 is 5.56 Å². The van der Waals surface area contributed by atoms with E-state index in [1.165, 1.54) is 23.6 Å². The van der Waals surface area contributed by atoms with Gasteiger partial charge in [-0.15, -0.1) is 0 Å². The molecule has 0 bridgehead atoms. The summed E-state index contributed by atoms with van der Waals surface area (Å²) in [6.07, 6.45) is 0. The molecule has 0 spiro atoms. The van der Waals surface area contributed by atoms with Crippen LogP contribution in [0.5, 0.6) is 5.88 Å². The van der Waals surface area contributed by atoms with Gasteiger partial charge in [0.15, 0.2) is 0 Å². The molecule has 5 nitrogen and oxygen atoms in total. The molecule has 3 aromatic rings. The number of hydrogen-bond donors (Lipinski definition) is 2. The molecular weight excluding hydrogens is 261 g/mol. The van der Waals surface area contributed by atoms with Crippen LogP contribution in [0.4, 0.5) is 4.39 Å². The zero-order valence-corrected chi connectivity index (χ0v) is 10.9. The molecule has 1 aromatic carbocycles. The number of hydrogen-bond acceptors (Lipinski definition) is 3. The number of aromatic amines is 1. The van der Waals surface area contributed by atoms with Crippen molar-refractivity contribution in [3.63, 3.8) is 0 Å². The average molecular weight is 273 g/mol. The predicted octanol–water partition coefficient (Wildman–Crippen LogP) is 2.15. The van der Waals surface area contributed by atoms with E-state index in [1.54, 1.807) is 19.1 Å². The van der Waals surface area contributed by atoms with Crippen molar-refractivity contribution in [1.82, 2.24) is 14.6 Å². The van der Waals surface area contributed by atoms with Gasteiger partial charge in [0.05, 0.1) is 11.3 Å². The summed E-state index contributed by atoms with van der Waals surface area (Å²) < 4.78 is 14.6. The third-order valence-electron chi connectivity index (χ3n) is 3.28. The number of nitrogens with one attached hydrogen (secondary N) is 1. The van der Waals surface area contributed by atoms with Crippen LogP contribution in [0.3, 0.4) is 0 Å². The van der Waals surface area contributed by atoms with Crippen molar-refractivity contribution < 1.29 is 9.50 Å². The largest absolute Gasteiger partial charge is 0.493 e. The van der Waals surface area contributed by atoms with Gasteiger partial charge in [0.25, 0.3) is 5.56 Å². The van der Waals surface area contributed by atoms with Crippen molar-refractivity contribution in [2.24, 2.45) is 0 Å². The fourth-order valence-electron chi connectivity index (χ4n) is 2.25. The second kappa shape index (κ2) is 4.19. The Balaban J connectivity index is 2.43. The molecule has 3 rings (SSSR count). The fraction of sp³-hybridized carbons (Fsp3) is 0.143. The summed E-state index contributed by atoms with van der Waals surface area (Å²) in [5, 5.41) is 14.2. The van der Waals surface area contributed by atoms with Crippen LogP contribution in [-0.2, 0) is 0 Å². The normalized spacial score (nSPS) is 11.2. The first kappa shape index (κ1) is 12.4. The quantitative estimate of drug-likeness (QED) is 0.713. The molecule has 0 aliphatic heterocycles. The van der Waals surface area contributed by atoms with Gasteiger partial charge in [-0.3, -0.25) is 4.79 Å². The Morgan fingerprint density at radius 2 is 2.10 bits per heavy atom. The Morgan fingerprint density at radius 1 is 1.35 bits per heavy atom. The summed E-state index contributed by atoms with van der Waals surface area (Å²) >= 11 is 0. The minimum atomic E-state index is -0.396. The number of rotatable bonds is 1. The lowest BCUT2D eigenvalue weighted by Crippen LogP contribution is -2.12. The van der Waals surface area contributed by atoms with Crippen molar-refractivity contribution >= 4 is 5.65 Å². The molecule has 0 unspecified atom stereocenters. The Labute approximate surface area is 113 Å². The van der Waals surface area contributed by atoms with Gasteiger partial charge in [0.1, 0.15) is 11.5 Å². The summed E-state index contributed by atoms with van der Waals surface area (Å²) in [6.45, 7) is 3.24. The average Bonchev–Trinajstić information content (AvgIpc) is 2.73. The lowest BCUT2D eigenvalue weighted by Gasteiger charge is -2.03. The van der Waals surface area contributed by atoms with Gasteiger partial charge in [-0.25, -0.2) is 4.39 Å². The number of H-pyrrole nitrogens is 1. The molecule has 2 N–H and O–H groups in total. The molecule has 0 saturated carbocycles. The highest BCUT2D eigenvalue weighted by atomic mass is 19.1. The van der Waals surface area contributed by atoms with Crippen LogP contribution in [0.15, 0.2) is 29.1 Å². The topological polar surface area (TPSA) is 70.4 Å². The van der Waals surface area contributed by atoms with E-state index in [2.05, 4.69) is 10.1 Å². The Hall–Kier alpha value is -2.63. The molecule has 0 radical (unpaired) electrons. The van der Waals surface area contributed by atoms with Crippen LogP contribution >= 0.6 is 0 Å². The molecule has 0 aliphatic rings. The zero-order valence-electron chi connectivity index (χ0n) is 10.9. The Bertz CT molecular complexity index is 880. The lowest BCUT2D eigenvalue weighted by atomic mass is 10.1. The number of benzene rings is 1. The van der Waals surface area contributed by atoms with E-state index in [0.29, 0.717) is 22.5 Å². The maximum atomic E-state index is 13.4. The molecule has 0 aliphatic carbocycles. The Morgan fingerprint density at radius 3 is 2.80 bits per heavy atom. The second-order valence-corrected chi connectivity index (χ2v) is 4.63. The third kappa shape index (κ3) is 1.69. The second-order valence-electron chi connectivity index (χ2n) is 4.63. The molecule has 2 aromatic heterocycles. The van der Waals surface area contributed by atoms with Crippen LogP contribution in [0, 0.1) is 19.7 Å². The number of aryl methyl sites for hydroxylation is 1. The molecule has 6 heteroatoms. The Kier molecular flexibility index (Phi) is 2.60. The highest BCUT2D eigenvalue weighted by molar-refractivity contribution is 5.80. The summed E-state index contributed by atoms with van der Waals surface area (Å²) in [4.78, 5) is 14.5. The predicted molar refractivity (Wildman–Crippen MR) is 72.3 cm³/mol. The number of halogens is 1. The minimum Gasteiger partial charge on any atom is -0.493 e. The smallest absolute Gasteiger partial charge is 0.257 e. The molecule has 0 amide bonds. The van der Waals surface area contributed by atoms with Gasteiger partial charge in [-0.05, 0) is 31.5 Å². The van der Waals surface area contributed by atoms with Gasteiger partial charge < -0.3 is 10.1 Å². The van der Waals surface area contributed by atoms with Gasteiger partial charge in [-0.2, -0.15) is 9.61 Å². The summed E-state index contributed by atoms with van der Waals surface area (Å²) in [6, 6.07) is 6.01. The molecule has 0 atom stereocenters. The van der Waals surface area contributed by atoms with Gasteiger partial charge in [0, 0.05) is 5.56 Å². The summed E-state index contributed by atoms with van der Waals surface area (Å²) in [5.41, 5.74) is 1.92. The van der Waals surface area contributed by atoms with E-state index < -0.39 is 5.56 Å². The number of aromatic nitrogens is 3. The lowest BCUT2D eigenvalue weighted by molar-refractivity contribution is 0.429.